The van der Waals surface area contributed by atoms with Crippen LogP contribution in [0.1, 0.15) is 27.2 Å². The molecule has 0 saturated carbocycles. The molecule has 1 fully saturated rings. The smallest absolute Gasteiger partial charge is 0.156 e. The Labute approximate surface area is 124 Å². The van der Waals surface area contributed by atoms with Crippen LogP contribution in [0.15, 0.2) is 4.99 Å². The minimum Gasteiger partial charge on any atom is -0.364 e. The van der Waals surface area contributed by atoms with Crippen molar-refractivity contribution in [3.8, 4) is 0 Å². The summed E-state index contributed by atoms with van der Waals surface area (Å²) in [4.78, 5) is 4.64. The van der Waals surface area contributed by atoms with Gasteiger partial charge in [0.05, 0.1) is 6.54 Å². The summed E-state index contributed by atoms with van der Waals surface area (Å²) in [7, 11) is 0. The number of aliphatic imine (C=N–C) groups is 1. The Morgan fingerprint density at radius 1 is 1.28 bits per heavy atom. The second kappa shape index (κ2) is 6.80. The molecule has 2 unspecified atom stereocenters. The van der Waals surface area contributed by atoms with E-state index in [9.17, 15) is 0 Å². The monoisotopic (exact) mass is 304 g/mol. The zero-order chi connectivity index (χ0) is 13.0. The highest BCUT2D eigenvalue weighted by atomic mass is 32.2. The molecule has 104 valence electrons. The Kier molecular flexibility index (Phi) is 5.63. The maximum atomic E-state index is 4.64. The molecule has 0 aromatic carbocycles. The van der Waals surface area contributed by atoms with E-state index in [0.29, 0.717) is 10.7 Å². The second-order valence-electron chi connectivity index (χ2n) is 6.10. The third-order valence-corrected chi connectivity index (χ3v) is 6.91. The molecule has 0 aromatic heterocycles. The van der Waals surface area contributed by atoms with E-state index in [1.165, 1.54) is 28.8 Å². The first kappa shape index (κ1) is 14.9. The Bertz CT molecular complexity index is 293. The minimum atomic E-state index is 0.415. The average Bonchev–Trinajstić information content (AvgIpc) is 2.73. The molecule has 1 saturated heterocycles. The van der Waals surface area contributed by atoms with Gasteiger partial charge in [-0.25, -0.2) is 0 Å². The fraction of sp³-hybridized carbons (Fsp3) is 0.923. The summed E-state index contributed by atoms with van der Waals surface area (Å²) >= 11 is 6.15. The predicted molar refractivity (Wildman–Crippen MR) is 89.3 cm³/mol. The Morgan fingerprint density at radius 3 is 2.78 bits per heavy atom. The maximum absolute atomic E-state index is 4.64. The van der Waals surface area contributed by atoms with Gasteiger partial charge in [-0.2, -0.15) is 23.5 Å². The van der Waals surface area contributed by atoms with Crippen LogP contribution in [0.3, 0.4) is 0 Å². The lowest BCUT2D eigenvalue weighted by atomic mass is 9.90. The van der Waals surface area contributed by atoms with E-state index >= 15 is 0 Å². The zero-order valence-corrected chi connectivity index (χ0v) is 14.0. The van der Waals surface area contributed by atoms with Crippen LogP contribution in [0.2, 0.25) is 0 Å². The zero-order valence-electron chi connectivity index (χ0n) is 11.6. The number of rotatable bonds is 3. The fourth-order valence-electron chi connectivity index (χ4n) is 2.16. The summed E-state index contributed by atoms with van der Waals surface area (Å²) in [5.41, 5.74) is 0.415. The Hall–Kier alpha value is 0.520. The van der Waals surface area contributed by atoms with E-state index in [-0.39, 0.29) is 0 Å². The molecule has 0 aromatic rings. The molecule has 2 atom stereocenters. The highest BCUT2D eigenvalue weighted by Crippen LogP contribution is 2.31. The lowest BCUT2D eigenvalue weighted by Gasteiger charge is -2.23. The van der Waals surface area contributed by atoms with Gasteiger partial charge in [0, 0.05) is 34.3 Å². The Morgan fingerprint density at radius 2 is 2.11 bits per heavy atom. The molecule has 0 aliphatic carbocycles. The molecule has 2 rings (SSSR count). The largest absolute Gasteiger partial charge is 0.364 e. The Balaban J connectivity index is 1.66. The summed E-state index contributed by atoms with van der Waals surface area (Å²) in [6.07, 6.45) is 1.25. The summed E-state index contributed by atoms with van der Waals surface area (Å²) < 4.78 is 0. The highest BCUT2D eigenvalue weighted by molar-refractivity contribution is 8.14. The van der Waals surface area contributed by atoms with Gasteiger partial charge in [0.25, 0.3) is 0 Å². The lowest BCUT2D eigenvalue weighted by molar-refractivity contribution is 0.375. The number of hydrogen-bond acceptors (Lipinski definition) is 5. The summed E-state index contributed by atoms with van der Waals surface area (Å²) in [5.74, 6) is 3.93. The van der Waals surface area contributed by atoms with Gasteiger partial charge in [0.1, 0.15) is 0 Å². The van der Waals surface area contributed by atoms with E-state index in [2.05, 4.69) is 54.6 Å². The molecular weight excluding hydrogens is 280 g/mol. The van der Waals surface area contributed by atoms with E-state index < -0.39 is 0 Å². The molecular formula is C13H24N2S3. The van der Waals surface area contributed by atoms with Crippen LogP contribution in [0.25, 0.3) is 0 Å². The number of amidine groups is 1. The topological polar surface area (TPSA) is 24.4 Å². The van der Waals surface area contributed by atoms with E-state index in [1.807, 2.05) is 11.8 Å². The van der Waals surface area contributed by atoms with Gasteiger partial charge in [-0.15, -0.1) is 0 Å². The summed E-state index contributed by atoms with van der Waals surface area (Å²) in [5, 5.41) is 6.18. The molecule has 18 heavy (non-hydrogen) atoms. The fourth-order valence-corrected chi connectivity index (χ4v) is 6.14. The third-order valence-electron chi connectivity index (χ3n) is 2.92. The van der Waals surface area contributed by atoms with Gasteiger partial charge >= 0.3 is 0 Å². The number of hydrogen-bond donors (Lipinski definition) is 1. The first-order valence-electron chi connectivity index (χ1n) is 6.67. The normalized spacial score (nSPS) is 29.2. The van der Waals surface area contributed by atoms with Crippen LogP contribution >= 0.6 is 35.3 Å². The van der Waals surface area contributed by atoms with Crippen LogP contribution in [-0.4, -0.2) is 46.0 Å². The number of thioether (sulfide) groups is 3. The van der Waals surface area contributed by atoms with Gasteiger partial charge in [-0.05, 0) is 11.8 Å². The van der Waals surface area contributed by atoms with Crippen molar-refractivity contribution < 1.29 is 0 Å². The second-order valence-corrected chi connectivity index (χ2v) is 9.95. The number of nitrogens with one attached hydrogen (secondary N) is 1. The van der Waals surface area contributed by atoms with Crippen molar-refractivity contribution >= 4 is 40.5 Å². The van der Waals surface area contributed by atoms with Crippen molar-refractivity contribution in [3.63, 3.8) is 0 Å². The predicted octanol–water partition coefficient (Wildman–Crippen LogP) is 3.33. The summed E-state index contributed by atoms with van der Waals surface area (Å²) in [6.45, 7) is 9.03. The van der Waals surface area contributed by atoms with Gasteiger partial charge in [0.15, 0.2) is 5.17 Å². The molecule has 1 N–H and O–H groups in total. The van der Waals surface area contributed by atoms with E-state index in [1.54, 1.807) is 0 Å². The SMILES string of the molecule is CC(C)(C)CC1CN=C(NCC2CSCCS2)S1. The van der Waals surface area contributed by atoms with Crippen LogP contribution in [0.4, 0.5) is 0 Å². The van der Waals surface area contributed by atoms with Gasteiger partial charge in [-0.3, -0.25) is 4.99 Å². The molecule has 0 amide bonds. The van der Waals surface area contributed by atoms with Crippen molar-refractivity contribution in [3.05, 3.63) is 0 Å². The maximum Gasteiger partial charge on any atom is 0.156 e. The standard InChI is InChI=1S/C13H24N2S3/c1-13(2,3)6-10-7-14-12(18-10)15-8-11-9-16-4-5-17-11/h10-11H,4-9H2,1-3H3,(H,14,15). The molecule has 0 bridgehead atoms. The van der Waals surface area contributed by atoms with Gasteiger partial charge < -0.3 is 5.32 Å². The molecule has 0 spiro atoms. The molecule has 2 nitrogen and oxygen atoms in total. The van der Waals surface area contributed by atoms with Crippen molar-refractivity contribution in [2.24, 2.45) is 10.4 Å². The summed E-state index contributed by atoms with van der Waals surface area (Å²) in [6, 6.07) is 0. The van der Waals surface area contributed by atoms with E-state index in [0.717, 1.165) is 18.3 Å². The van der Waals surface area contributed by atoms with Crippen LogP contribution in [0, 0.1) is 5.41 Å². The van der Waals surface area contributed by atoms with Crippen LogP contribution in [0.5, 0.6) is 0 Å². The van der Waals surface area contributed by atoms with Crippen molar-refractivity contribution in [2.45, 2.75) is 37.7 Å². The number of nitrogens with zero attached hydrogens (tertiary/aromatic N) is 1. The highest BCUT2D eigenvalue weighted by Gasteiger charge is 2.25. The first-order chi connectivity index (χ1) is 8.53. The minimum absolute atomic E-state index is 0.415. The molecule has 0 radical (unpaired) electrons. The average molecular weight is 305 g/mol. The third kappa shape index (κ3) is 5.25. The molecule has 2 heterocycles. The van der Waals surface area contributed by atoms with Crippen molar-refractivity contribution in [1.82, 2.24) is 5.32 Å². The first-order valence-corrected chi connectivity index (χ1v) is 9.75. The van der Waals surface area contributed by atoms with Crippen LogP contribution < -0.4 is 5.32 Å². The quantitative estimate of drug-likeness (QED) is 0.864. The van der Waals surface area contributed by atoms with Crippen molar-refractivity contribution in [1.29, 1.82) is 0 Å². The van der Waals surface area contributed by atoms with Gasteiger partial charge in [0.2, 0.25) is 0 Å². The van der Waals surface area contributed by atoms with E-state index in [4.69, 9.17) is 0 Å². The lowest BCUT2D eigenvalue weighted by Crippen LogP contribution is -2.31. The van der Waals surface area contributed by atoms with Crippen molar-refractivity contribution in [2.75, 3.05) is 30.3 Å². The molecule has 5 heteroatoms. The van der Waals surface area contributed by atoms with Gasteiger partial charge in [-0.1, -0.05) is 32.5 Å². The molecule has 2 aliphatic rings. The molecule has 2 aliphatic heterocycles. The van der Waals surface area contributed by atoms with Crippen LogP contribution in [-0.2, 0) is 0 Å².